The first kappa shape index (κ1) is 5.18. The number of aliphatic hydroxyl groups is 1. The normalized spacial score (nSPS) is 21.6. The molecule has 0 aliphatic carbocycles. The van der Waals surface area contributed by atoms with E-state index in [1.165, 1.54) is 0 Å². The molecule has 31 valence electrons. The molecule has 0 rings (SSSR count). The van der Waals surface area contributed by atoms with E-state index in [2.05, 4.69) is 18.5 Å². The summed E-state index contributed by atoms with van der Waals surface area (Å²) in [5.41, 5.74) is 0. The summed E-state index contributed by atoms with van der Waals surface area (Å²) < 4.78 is 10.9. The van der Waals surface area contributed by atoms with E-state index in [9.17, 15) is 4.39 Å². The van der Waals surface area contributed by atoms with Gasteiger partial charge in [-0.05, 0) is 0 Å². The van der Waals surface area contributed by atoms with Gasteiger partial charge in [-0.3, -0.25) is 0 Å². The maximum Gasteiger partial charge on any atom is 0.284 e. The zero-order chi connectivity index (χ0) is 4.50. The first-order valence-electron chi connectivity index (χ1n) is 0.955. The molecule has 0 spiro atoms. The van der Waals surface area contributed by atoms with Crippen molar-refractivity contribution >= 4 is 11.6 Å². The second-order valence-electron chi connectivity index (χ2n) is 0.666. The van der Waals surface area contributed by atoms with Gasteiger partial charge in [0.15, 0.2) is 0 Å². The van der Waals surface area contributed by atoms with Crippen LogP contribution in [0.1, 0.15) is 0 Å². The van der Waals surface area contributed by atoms with Gasteiger partial charge in [-0.15, -0.1) is 0 Å². The summed E-state index contributed by atoms with van der Waals surface area (Å²) in [6.45, 7) is 2.43. The lowest BCUT2D eigenvalue weighted by Gasteiger charge is -1.95. The zero-order valence-corrected chi connectivity index (χ0v) is 3.17. The quantitative estimate of drug-likeness (QED) is 0.441. The second-order valence-corrected chi connectivity index (χ2v) is 1.24. The topological polar surface area (TPSA) is 20.2 Å². The van der Waals surface area contributed by atoms with Crippen molar-refractivity contribution in [3.63, 3.8) is 0 Å². The van der Waals surface area contributed by atoms with E-state index in [-0.39, 0.29) is 0 Å². The van der Waals surface area contributed by atoms with Crippen LogP contribution >= 0.6 is 11.6 Å². The Balaban J connectivity index is 3.02. The molecule has 1 unspecified atom stereocenters. The van der Waals surface area contributed by atoms with Crippen molar-refractivity contribution in [2.75, 3.05) is 0 Å². The Morgan fingerprint density at radius 2 is 2.00 bits per heavy atom. The molecule has 1 radical (unpaired) electrons. The Bertz CT molecular complexity index is 25.1. The Morgan fingerprint density at radius 1 is 2.00 bits per heavy atom. The van der Waals surface area contributed by atoms with Gasteiger partial charge in [-0.1, -0.05) is 11.6 Å². The molecule has 0 aromatic rings. The van der Waals surface area contributed by atoms with Gasteiger partial charge in [-0.2, -0.15) is 4.39 Å². The fourth-order valence-electron chi connectivity index (χ4n) is 0. The third-order valence-corrected chi connectivity index (χ3v) is 0. The van der Waals surface area contributed by atoms with Crippen LogP contribution in [0.2, 0.25) is 0 Å². The minimum atomic E-state index is -2.78. The largest absolute Gasteiger partial charge is 0.350 e. The van der Waals surface area contributed by atoms with Gasteiger partial charge in [0.25, 0.3) is 5.31 Å². The summed E-state index contributed by atoms with van der Waals surface area (Å²) in [5.74, 6) is 0. The van der Waals surface area contributed by atoms with E-state index in [1.807, 2.05) is 0 Å². The standard InChI is InChI=1S/C2H3ClFO/c1-2(3,4)5/h5H,1H2. The molecule has 0 saturated heterocycles. The average molecular weight is 97.5 g/mol. The average Bonchev–Trinajstić information content (AvgIpc) is 0.722. The van der Waals surface area contributed by atoms with Crippen molar-refractivity contribution in [1.82, 2.24) is 0 Å². The van der Waals surface area contributed by atoms with Crippen LogP contribution in [0.25, 0.3) is 0 Å². The first-order valence-corrected chi connectivity index (χ1v) is 1.33. The van der Waals surface area contributed by atoms with E-state index >= 15 is 0 Å². The van der Waals surface area contributed by atoms with E-state index in [4.69, 9.17) is 5.11 Å². The van der Waals surface area contributed by atoms with Gasteiger partial charge in [0.1, 0.15) is 0 Å². The van der Waals surface area contributed by atoms with Gasteiger partial charge in [0, 0.05) is 6.92 Å². The van der Waals surface area contributed by atoms with Crippen LogP contribution in [-0.4, -0.2) is 10.4 Å². The summed E-state index contributed by atoms with van der Waals surface area (Å²) in [7, 11) is 0. The van der Waals surface area contributed by atoms with Crippen molar-refractivity contribution in [2.24, 2.45) is 0 Å². The van der Waals surface area contributed by atoms with Gasteiger partial charge in [0.05, 0.1) is 0 Å². The van der Waals surface area contributed by atoms with Crippen LogP contribution in [0, 0.1) is 6.92 Å². The number of hydrogen-bond donors (Lipinski definition) is 1. The third kappa shape index (κ3) is 613. The fourth-order valence-corrected chi connectivity index (χ4v) is 0. The smallest absolute Gasteiger partial charge is 0.284 e. The molecule has 0 saturated carbocycles. The molecule has 0 aromatic heterocycles. The second kappa shape index (κ2) is 1.11. The van der Waals surface area contributed by atoms with Crippen molar-refractivity contribution < 1.29 is 9.50 Å². The zero-order valence-electron chi connectivity index (χ0n) is 2.41. The van der Waals surface area contributed by atoms with E-state index < -0.39 is 5.31 Å². The Morgan fingerprint density at radius 3 is 2.00 bits per heavy atom. The lowest BCUT2D eigenvalue weighted by atomic mass is 10.8. The van der Waals surface area contributed by atoms with Crippen LogP contribution in [0.15, 0.2) is 0 Å². The highest BCUT2D eigenvalue weighted by Gasteiger charge is 2.09. The van der Waals surface area contributed by atoms with Gasteiger partial charge >= 0.3 is 0 Å². The van der Waals surface area contributed by atoms with E-state index in [0.29, 0.717) is 0 Å². The minimum absolute atomic E-state index is 2.43. The number of alkyl halides is 2. The van der Waals surface area contributed by atoms with E-state index in [0.717, 1.165) is 0 Å². The highest BCUT2D eigenvalue weighted by atomic mass is 35.5. The van der Waals surface area contributed by atoms with Crippen LogP contribution in [0.5, 0.6) is 0 Å². The molecular formula is C2H3ClFO. The summed E-state index contributed by atoms with van der Waals surface area (Å²) in [6, 6.07) is 0. The summed E-state index contributed by atoms with van der Waals surface area (Å²) in [5, 5.41) is 4.73. The fraction of sp³-hybridized carbons (Fsp3) is 0.500. The molecule has 0 amide bonds. The molecule has 0 aliphatic heterocycles. The third-order valence-electron chi connectivity index (χ3n) is 0. The monoisotopic (exact) mass is 97.0 g/mol. The maximum atomic E-state index is 10.9. The summed E-state index contributed by atoms with van der Waals surface area (Å²) >= 11 is 4.31. The first-order chi connectivity index (χ1) is 2.00. The molecule has 1 nitrogen and oxygen atoms in total. The molecule has 1 atom stereocenters. The van der Waals surface area contributed by atoms with Crippen LogP contribution in [0.3, 0.4) is 0 Å². The lowest BCUT2D eigenvalue weighted by molar-refractivity contribution is 0.0398. The highest BCUT2D eigenvalue weighted by Crippen LogP contribution is 2.06. The summed E-state index contributed by atoms with van der Waals surface area (Å²) in [6.07, 6.45) is 0. The highest BCUT2D eigenvalue weighted by molar-refractivity contribution is 6.22. The number of halogens is 2. The molecule has 0 aliphatic rings. The molecule has 0 fully saturated rings. The van der Waals surface area contributed by atoms with Crippen molar-refractivity contribution in [3.05, 3.63) is 6.92 Å². The Labute approximate surface area is 34.4 Å². The van der Waals surface area contributed by atoms with E-state index in [1.54, 1.807) is 0 Å². The molecule has 3 heteroatoms. The van der Waals surface area contributed by atoms with Gasteiger partial charge in [-0.25, -0.2) is 0 Å². The number of hydrogen-bond acceptors (Lipinski definition) is 1. The molecule has 0 aromatic carbocycles. The number of rotatable bonds is 0. The lowest BCUT2D eigenvalue weighted by Crippen LogP contribution is -2.03. The van der Waals surface area contributed by atoms with Crippen LogP contribution in [0.4, 0.5) is 4.39 Å². The van der Waals surface area contributed by atoms with Crippen LogP contribution < -0.4 is 0 Å². The predicted octanol–water partition coefficient (Wildman–Crippen LogP) is 0.675. The Kier molecular flexibility index (Phi) is 1.15. The van der Waals surface area contributed by atoms with Crippen molar-refractivity contribution in [1.29, 1.82) is 0 Å². The molecule has 0 heterocycles. The van der Waals surface area contributed by atoms with Crippen molar-refractivity contribution in [3.8, 4) is 0 Å². The predicted molar refractivity (Wildman–Crippen MR) is 17.3 cm³/mol. The summed E-state index contributed by atoms with van der Waals surface area (Å²) in [4.78, 5) is 0. The molecular weight excluding hydrogens is 94.5 g/mol. The maximum absolute atomic E-state index is 10.9. The van der Waals surface area contributed by atoms with Gasteiger partial charge in [0.2, 0.25) is 0 Å². The Hall–Kier alpha value is 0.180. The SMILES string of the molecule is [CH2]C(O)(F)Cl. The van der Waals surface area contributed by atoms with Crippen LogP contribution in [-0.2, 0) is 0 Å². The minimum Gasteiger partial charge on any atom is -0.350 e. The van der Waals surface area contributed by atoms with Crippen molar-refractivity contribution in [2.45, 2.75) is 5.31 Å². The molecule has 1 N–H and O–H groups in total. The molecule has 5 heavy (non-hydrogen) atoms. The molecule has 0 bridgehead atoms. The van der Waals surface area contributed by atoms with Gasteiger partial charge < -0.3 is 5.11 Å².